The monoisotopic (exact) mass is 143 g/mol. The number of nitrogens with zero attached hydrogens (tertiary/aromatic N) is 2. The van der Waals surface area contributed by atoms with Gasteiger partial charge in [-0.1, -0.05) is 0 Å². The van der Waals surface area contributed by atoms with Crippen molar-refractivity contribution in [3.05, 3.63) is 0 Å². The van der Waals surface area contributed by atoms with Crippen LogP contribution in [0.15, 0.2) is 0 Å². The average Bonchev–Trinajstić information content (AvgIpc) is 2.03. The van der Waals surface area contributed by atoms with Crippen molar-refractivity contribution in [1.82, 2.24) is 10.2 Å². The van der Waals surface area contributed by atoms with Crippen molar-refractivity contribution in [1.29, 1.82) is 0 Å². The molecule has 10 heavy (non-hydrogen) atoms. The van der Waals surface area contributed by atoms with Crippen molar-refractivity contribution >= 4 is 0 Å². The summed E-state index contributed by atoms with van der Waals surface area (Å²) >= 11 is 0. The Kier molecular flexibility index (Phi) is 3.72. The van der Waals surface area contributed by atoms with Crippen molar-refractivity contribution in [2.75, 3.05) is 39.3 Å². The Balaban J connectivity index is 2.02. The van der Waals surface area contributed by atoms with Gasteiger partial charge in [0.05, 0.1) is 0 Å². The molecule has 0 aromatic heterocycles. The quantitative estimate of drug-likeness (QED) is 0.566. The van der Waals surface area contributed by atoms with Crippen LogP contribution in [-0.2, 0) is 0 Å². The van der Waals surface area contributed by atoms with Gasteiger partial charge in [-0.2, -0.15) is 0 Å². The third-order valence-corrected chi connectivity index (χ3v) is 1.78. The Labute approximate surface area is 62.0 Å². The van der Waals surface area contributed by atoms with E-state index in [9.17, 15) is 0 Å². The summed E-state index contributed by atoms with van der Waals surface area (Å²) in [5.41, 5.74) is 0. The van der Waals surface area contributed by atoms with Crippen molar-refractivity contribution in [3.8, 4) is 0 Å². The Bertz CT molecular complexity index is 81.7. The van der Waals surface area contributed by atoms with E-state index < -0.39 is 0 Å². The molecule has 1 rings (SSSR count). The predicted molar refractivity (Wildman–Crippen MR) is 40.0 cm³/mol. The molecule has 1 fully saturated rings. The fourth-order valence-electron chi connectivity index (χ4n) is 1.17. The molecule has 1 heterocycles. The van der Waals surface area contributed by atoms with Crippen LogP contribution < -0.4 is 5.32 Å². The topological polar surface area (TPSA) is 37.6 Å². The predicted octanol–water partition coefficient (Wildman–Crippen LogP) is -0.711. The van der Waals surface area contributed by atoms with Gasteiger partial charge in [0, 0.05) is 39.3 Å². The average molecular weight is 143 g/mol. The smallest absolute Gasteiger partial charge is 0.0443 e. The summed E-state index contributed by atoms with van der Waals surface area (Å²) in [6, 6.07) is 0. The first kappa shape index (κ1) is 7.98. The molecule has 1 N–H and O–H groups in total. The molecule has 0 saturated carbocycles. The minimum Gasteiger partial charge on any atom is -0.396 e. The van der Waals surface area contributed by atoms with Gasteiger partial charge in [-0.15, -0.1) is 0 Å². The zero-order chi connectivity index (χ0) is 7.23. The second kappa shape index (κ2) is 4.66. The van der Waals surface area contributed by atoms with Gasteiger partial charge in [0.25, 0.3) is 0 Å². The maximum Gasteiger partial charge on any atom is 0.0443 e. The van der Waals surface area contributed by atoms with Crippen LogP contribution in [0.2, 0.25) is 0 Å². The first-order chi connectivity index (χ1) is 4.93. The number of aliphatic hydroxyl groups is 1. The standard InChI is InChI=1S/C7H15N2O/c10-7-1-4-9-5-2-8-3-6-9/h10H,1-7H2. The summed E-state index contributed by atoms with van der Waals surface area (Å²) in [6.07, 6.45) is 0.903. The van der Waals surface area contributed by atoms with Gasteiger partial charge in [0.2, 0.25) is 0 Å². The highest BCUT2D eigenvalue weighted by Gasteiger charge is 2.08. The van der Waals surface area contributed by atoms with E-state index in [0.29, 0.717) is 6.61 Å². The molecule has 1 aliphatic rings. The first-order valence-electron chi connectivity index (χ1n) is 3.90. The van der Waals surface area contributed by atoms with E-state index in [4.69, 9.17) is 5.11 Å². The van der Waals surface area contributed by atoms with Crippen molar-refractivity contribution in [2.24, 2.45) is 0 Å². The fourth-order valence-corrected chi connectivity index (χ4v) is 1.17. The highest BCUT2D eigenvalue weighted by Crippen LogP contribution is 1.93. The number of piperazine rings is 1. The molecule has 1 saturated heterocycles. The van der Waals surface area contributed by atoms with Crippen LogP contribution in [0.3, 0.4) is 0 Å². The first-order valence-corrected chi connectivity index (χ1v) is 3.90. The lowest BCUT2D eigenvalue weighted by Crippen LogP contribution is -2.40. The molecule has 0 atom stereocenters. The molecule has 59 valence electrons. The van der Waals surface area contributed by atoms with Crippen molar-refractivity contribution in [3.63, 3.8) is 0 Å². The molecule has 1 aliphatic heterocycles. The van der Waals surface area contributed by atoms with E-state index in [1.165, 1.54) is 0 Å². The maximum atomic E-state index is 8.55. The molecule has 1 radical (unpaired) electrons. The molecule has 0 spiro atoms. The summed E-state index contributed by atoms with van der Waals surface area (Å²) in [7, 11) is 0. The molecule has 3 nitrogen and oxygen atoms in total. The third-order valence-electron chi connectivity index (χ3n) is 1.78. The zero-order valence-corrected chi connectivity index (χ0v) is 6.29. The summed E-state index contributed by atoms with van der Waals surface area (Å²) in [6.45, 7) is 5.47. The SMILES string of the molecule is OCCCN1CC[N]CC1. The van der Waals surface area contributed by atoms with Crippen LogP contribution in [0.5, 0.6) is 0 Å². The Morgan fingerprint density at radius 1 is 1.30 bits per heavy atom. The second-order valence-electron chi connectivity index (χ2n) is 2.59. The highest BCUT2D eigenvalue weighted by atomic mass is 16.3. The van der Waals surface area contributed by atoms with Crippen LogP contribution in [0.1, 0.15) is 6.42 Å². The highest BCUT2D eigenvalue weighted by molar-refractivity contribution is 4.66. The number of rotatable bonds is 3. The number of aliphatic hydroxyl groups excluding tert-OH is 1. The molecule has 0 aliphatic carbocycles. The summed E-state index contributed by atoms with van der Waals surface area (Å²) in [5.74, 6) is 0. The van der Waals surface area contributed by atoms with E-state index in [-0.39, 0.29) is 0 Å². The van der Waals surface area contributed by atoms with Crippen molar-refractivity contribution < 1.29 is 5.11 Å². The molecular formula is C7H15N2O. The second-order valence-corrected chi connectivity index (χ2v) is 2.59. The molecule has 0 aromatic carbocycles. The summed E-state index contributed by atoms with van der Waals surface area (Å²) in [4.78, 5) is 2.35. The number of hydrogen-bond acceptors (Lipinski definition) is 2. The minimum absolute atomic E-state index is 0.313. The van der Waals surface area contributed by atoms with Crippen LogP contribution in [0.4, 0.5) is 0 Å². The lowest BCUT2D eigenvalue weighted by atomic mass is 10.3. The molecule has 0 aromatic rings. The van der Waals surface area contributed by atoms with Gasteiger partial charge in [-0.25, -0.2) is 5.32 Å². The lowest BCUT2D eigenvalue weighted by Gasteiger charge is -2.25. The van der Waals surface area contributed by atoms with Crippen LogP contribution in [-0.4, -0.2) is 49.3 Å². The third kappa shape index (κ3) is 2.64. The number of hydrogen-bond donors (Lipinski definition) is 1. The normalized spacial score (nSPS) is 21.3. The molecule has 0 unspecified atom stereocenters. The van der Waals surface area contributed by atoms with Crippen LogP contribution in [0.25, 0.3) is 0 Å². The van der Waals surface area contributed by atoms with E-state index >= 15 is 0 Å². The fraction of sp³-hybridized carbons (Fsp3) is 1.00. The van der Waals surface area contributed by atoms with E-state index in [1.54, 1.807) is 0 Å². The van der Waals surface area contributed by atoms with Gasteiger partial charge in [0.1, 0.15) is 0 Å². The minimum atomic E-state index is 0.313. The molecule has 3 heteroatoms. The summed E-state index contributed by atoms with van der Waals surface area (Å²) < 4.78 is 0. The summed E-state index contributed by atoms with van der Waals surface area (Å²) in [5, 5.41) is 12.8. The molecule has 0 bridgehead atoms. The lowest BCUT2D eigenvalue weighted by molar-refractivity contribution is 0.205. The van der Waals surface area contributed by atoms with Gasteiger partial charge < -0.3 is 10.0 Å². The maximum absolute atomic E-state index is 8.55. The van der Waals surface area contributed by atoms with Crippen molar-refractivity contribution in [2.45, 2.75) is 6.42 Å². The Morgan fingerprint density at radius 3 is 2.60 bits per heavy atom. The molecule has 0 amide bonds. The largest absolute Gasteiger partial charge is 0.396 e. The zero-order valence-electron chi connectivity index (χ0n) is 6.29. The molecular weight excluding hydrogens is 128 g/mol. The Morgan fingerprint density at radius 2 is 2.00 bits per heavy atom. The van der Waals surface area contributed by atoms with Gasteiger partial charge in [-0.3, -0.25) is 0 Å². The van der Waals surface area contributed by atoms with Gasteiger partial charge in [-0.05, 0) is 6.42 Å². The van der Waals surface area contributed by atoms with Crippen LogP contribution in [0, 0.1) is 0 Å². The van der Waals surface area contributed by atoms with Gasteiger partial charge in [0.15, 0.2) is 0 Å². The Hall–Kier alpha value is -0.120. The van der Waals surface area contributed by atoms with Crippen LogP contribution >= 0.6 is 0 Å². The van der Waals surface area contributed by atoms with Gasteiger partial charge >= 0.3 is 0 Å². The van der Waals surface area contributed by atoms with E-state index in [2.05, 4.69) is 10.2 Å². The van der Waals surface area contributed by atoms with E-state index in [1.807, 2.05) is 0 Å². The van der Waals surface area contributed by atoms with E-state index in [0.717, 1.165) is 39.1 Å².